The Balaban J connectivity index is 1.60. The molecule has 5 unspecified atom stereocenters. The molecule has 7 heteroatoms. The molecule has 2 aliphatic carbocycles. The molecule has 0 spiro atoms. The van der Waals surface area contributed by atoms with E-state index in [9.17, 15) is 14.7 Å². The molecule has 1 aromatic rings. The van der Waals surface area contributed by atoms with E-state index < -0.39 is 11.9 Å². The summed E-state index contributed by atoms with van der Waals surface area (Å²) in [7, 11) is 0. The Morgan fingerprint density at radius 1 is 1.43 bits per heavy atom. The molecule has 114 valence electrons. The molecular weight excluding hydrogens is 272 g/mol. The number of carboxylic acids is 1. The van der Waals surface area contributed by atoms with Crippen LogP contribution in [0.2, 0.25) is 0 Å². The highest BCUT2D eigenvalue weighted by Gasteiger charge is 2.51. The van der Waals surface area contributed by atoms with Crippen molar-refractivity contribution in [2.24, 2.45) is 17.8 Å². The van der Waals surface area contributed by atoms with Crippen LogP contribution in [0.1, 0.15) is 37.8 Å². The Kier molecular flexibility index (Phi) is 3.57. The topological polar surface area (TPSA) is 107 Å². The van der Waals surface area contributed by atoms with Gasteiger partial charge >= 0.3 is 12.0 Å². The van der Waals surface area contributed by atoms with Crippen LogP contribution in [-0.2, 0) is 4.79 Å². The number of hydrogen-bond acceptors (Lipinski definition) is 3. The van der Waals surface area contributed by atoms with E-state index in [0.717, 1.165) is 24.8 Å². The number of urea groups is 1. The summed E-state index contributed by atoms with van der Waals surface area (Å²) in [4.78, 5) is 23.5. The van der Waals surface area contributed by atoms with Crippen molar-refractivity contribution in [3.05, 3.63) is 18.0 Å². The van der Waals surface area contributed by atoms with Crippen molar-refractivity contribution < 1.29 is 14.7 Å². The number of aromatic amines is 1. The number of fused-ring (bicyclic) bond motifs is 2. The number of hydrogen-bond donors (Lipinski definition) is 4. The molecule has 7 nitrogen and oxygen atoms in total. The lowest BCUT2D eigenvalue weighted by atomic mass is 9.84. The molecule has 2 fully saturated rings. The summed E-state index contributed by atoms with van der Waals surface area (Å²) < 4.78 is 0. The molecule has 2 amide bonds. The van der Waals surface area contributed by atoms with Gasteiger partial charge in [-0.25, -0.2) is 4.79 Å². The van der Waals surface area contributed by atoms with Crippen molar-refractivity contribution in [2.45, 2.75) is 38.3 Å². The van der Waals surface area contributed by atoms with E-state index in [1.165, 1.54) is 0 Å². The second-order valence-corrected chi connectivity index (χ2v) is 6.09. The molecule has 21 heavy (non-hydrogen) atoms. The van der Waals surface area contributed by atoms with Crippen LogP contribution in [0, 0.1) is 17.8 Å². The molecule has 1 heterocycles. The highest BCUT2D eigenvalue weighted by Crippen LogP contribution is 2.48. The number of carbonyl (C=O) groups is 2. The monoisotopic (exact) mass is 292 g/mol. The number of nitrogens with one attached hydrogen (secondary N) is 3. The summed E-state index contributed by atoms with van der Waals surface area (Å²) in [5.74, 6) is -0.732. The van der Waals surface area contributed by atoms with Crippen LogP contribution in [0.25, 0.3) is 0 Å². The normalized spacial score (nSPS) is 31.9. The summed E-state index contributed by atoms with van der Waals surface area (Å²) in [6.07, 6.45) is 6.27. The zero-order chi connectivity index (χ0) is 15.0. The first-order valence-corrected chi connectivity index (χ1v) is 7.34. The molecule has 2 bridgehead atoms. The lowest BCUT2D eigenvalue weighted by Crippen LogP contribution is -2.50. The summed E-state index contributed by atoms with van der Waals surface area (Å²) in [6.45, 7) is 1.86. The van der Waals surface area contributed by atoms with Gasteiger partial charge < -0.3 is 15.7 Å². The number of carboxylic acid groups (broad SMARTS) is 1. The minimum Gasteiger partial charge on any atom is -0.481 e. The van der Waals surface area contributed by atoms with Gasteiger partial charge in [0.15, 0.2) is 0 Å². The summed E-state index contributed by atoms with van der Waals surface area (Å²) in [6, 6.07) is -0.740. The first-order valence-electron chi connectivity index (χ1n) is 7.34. The minimum atomic E-state index is -0.796. The average Bonchev–Trinajstić information content (AvgIpc) is 3.15. The van der Waals surface area contributed by atoms with E-state index in [-0.39, 0.29) is 24.0 Å². The van der Waals surface area contributed by atoms with E-state index in [0.29, 0.717) is 5.92 Å². The number of rotatable bonds is 4. The number of aliphatic carboxylic acids is 1. The molecule has 2 aliphatic rings. The van der Waals surface area contributed by atoms with Crippen LogP contribution in [0.4, 0.5) is 4.79 Å². The first-order chi connectivity index (χ1) is 10.1. The quantitative estimate of drug-likeness (QED) is 0.670. The van der Waals surface area contributed by atoms with Gasteiger partial charge in [-0.3, -0.25) is 9.89 Å². The fraction of sp³-hybridized carbons (Fsp3) is 0.643. The number of amides is 2. The molecule has 0 radical (unpaired) electrons. The summed E-state index contributed by atoms with van der Waals surface area (Å²) in [5, 5.41) is 21.6. The highest BCUT2D eigenvalue weighted by atomic mass is 16.4. The van der Waals surface area contributed by atoms with Crippen LogP contribution < -0.4 is 10.6 Å². The molecule has 2 saturated carbocycles. The van der Waals surface area contributed by atoms with Crippen molar-refractivity contribution in [1.82, 2.24) is 20.8 Å². The van der Waals surface area contributed by atoms with Crippen molar-refractivity contribution in [2.75, 3.05) is 0 Å². The first kappa shape index (κ1) is 13.9. The van der Waals surface area contributed by atoms with E-state index in [4.69, 9.17) is 0 Å². The fourth-order valence-corrected chi connectivity index (χ4v) is 3.83. The molecule has 0 aromatic carbocycles. The van der Waals surface area contributed by atoms with Crippen LogP contribution in [-0.4, -0.2) is 33.3 Å². The van der Waals surface area contributed by atoms with E-state index in [1.807, 2.05) is 6.92 Å². The largest absolute Gasteiger partial charge is 0.481 e. The lowest BCUT2D eigenvalue weighted by Gasteiger charge is -2.29. The predicted octanol–water partition coefficient (Wildman–Crippen LogP) is 1.27. The van der Waals surface area contributed by atoms with Gasteiger partial charge in [0.1, 0.15) is 0 Å². The smallest absolute Gasteiger partial charge is 0.315 e. The standard InChI is InChI=1S/C14H20N4O3/c1-7(10-5-15-16-6-10)17-14(21)18-12-9-3-2-8(4-9)11(12)13(19)20/h5-9,11-12H,2-4H2,1H3,(H,15,16)(H,19,20)(H2,17,18,21). The maximum Gasteiger partial charge on any atom is 0.315 e. The second-order valence-electron chi connectivity index (χ2n) is 6.09. The van der Waals surface area contributed by atoms with E-state index >= 15 is 0 Å². The number of aromatic nitrogens is 2. The van der Waals surface area contributed by atoms with Crippen molar-refractivity contribution >= 4 is 12.0 Å². The van der Waals surface area contributed by atoms with Gasteiger partial charge in [0.2, 0.25) is 0 Å². The molecule has 1 aromatic heterocycles. The van der Waals surface area contributed by atoms with Crippen LogP contribution in [0.15, 0.2) is 12.4 Å². The molecule has 5 atom stereocenters. The Morgan fingerprint density at radius 3 is 2.86 bits per heavy atom. The van der Waals surface area contributed by atoms with Crippen molar-refractivity contribution in [3.8, 4) is 0 Å². The Bertz CT molecular complexity index is 530. The fourth-order valence-electron chi connectivity index (χ4n) is 3.83. The summed E-state index contributed by atoms with van der Waals surface area (Å²) in [5.41, 5.74) is 0.882. The maximum atomic E-state index is 12.1. The Morgan fingerprint density at radius 2 is 2.19 bits per heavy atom. The zero-order valence-electron chi connectivity index (χ0n) is 11.9. The summed E-state index contributed by atoms with van der Waals surface area (Å²) >= 11 is 0. The minimum absolute atomic E-state index is 0.175. The third-order valence-corrected chi connectivity index (χ3v) is 4.87. The van der Waals surface area contributed by atoms with Gasteiger partial charge in [0.25, 0.3) is 0 Å². The Labute approximate surface area is 122 Å². The third-order valence-electron chi connectivity index (χ3n) is 4.87. The zero-order valence-corrected chi connectivity index (χ0v) is 11.9. The number of carbonyl (C=O) groups excluding carboxylic acids is 1. The molecule has 0 aliphatic heterocycles. The average molecular weight is 292 g/mol. The van der Waals surface area contributed by atoms with Crippen molar-refractivity contribution in [3.63, 3.8) is 0 Å². The molecule has 3 rings (SSSR count). The van der Waals surface area contributed by atoms with Gasteiger partial charge in [-0.1, -0.05) is 0 Å². The maximum absolute atomic E-state index is 12.1. The lowest BCUT2D eigenvalue weighted by molar-refractivity contribution is -0.144. The van der Waals surface area contributed by atoms with Crippen molar-refractivity contribution in [1.29, 1.82) is 0 Å². The second kappa shape index (κ2) is 5.38. The van der Waals surface area contributed by atoms with Gasteiger partial charge in [0.05, 0.1) is 18.2 Å². The highest BCUT2D eigenvalue weighted by molar-refractivity contribution is 5.77. The SMILES string of the molecule is CC(NC(=O)NC1C2CCC(C2)C1C(=O)O)c1cn[nH]c1. The van der Waals surface area contributed by atoms with Gasteiger partial charge in [-0.2, -0.15) is 5.10 Å². The van der Waals surface area contributed by atoms with Crippen LogP contribution in [0.3, 0.4) is 0 Å². The van der Waals surface area contributed by atoms with Gasteiger partial charge in [-0.15, -0.1) is 0 Å². The molecular formula is C14H20N4O3. The Hall–Kier alpha value is -2.05. The number of H-pyrrole nitrogens is 1. The third kappa shape index (κ3) is 2.59. The van der Waals surface area contributed by atoms with Gasteiger partial charge in [-0.05, 0) is 38.0 Å². The molecule has 0 saturated heterocycles. The van der Waals surface area contributed by atoms with Gasteiger partial charge in [0, 0.05) is 17.8 Å². The molecule has 4 N–H and O–H groups in total. The van der Waals surface area contributed by atoms with Crippen LogP contribution in [0.5, 0.6) is 0 Å². The van der Waals surface area contributed by atoms with E-state index in [1.54, 1.807) is 12.4 Å². The van der Waals surface area contributed by atoms with Crippen LogP contribution >= 0.6 is 0 Å². The van der Waals surface area contributed by atoms with E-state index in [2.05, 4.69) is 20.8 Å². The number of nitrogens with zero attached hydrogens (tertiary/aromatic N) is 1. The predicted molar refractivity (Wildman–Crippen MR) is 74.4 cm³/mol.